The first-order valence-electron chi connectivity index (χ1n) is 8.32. The van der Waals surface area contributed by atoms with Gasteiger partial charge in [-0.3, -0.25) is 4.90 Å². The van der Waals surface area contributed by atoms with E-state index >= 15 is 0 Å². The molecule has 1 saturated carbocycles. The number of ether oxygens (including phenoxy) is 1. The molecule has 2 nitrogen and oxygen atoms in total. The molecule has 0 aromatic carbocycles. The summed E-state index contributed by atoms with van der Waals surface area (Å²) in [5, 5.41) is 0. The van der Waals surface area contributed by atoms with Gasteiger partial charge in [-0.25, -0.2) is 0 Å². The van der Waals surface area contributed by atoms with Gasteiger partial charge in [0.2, 0.25) is 0 Å². The van der Waals surface area contributed by atoms with Gasteiger partial charge in [-0.05, 0) is 37.0 Å². The largest absolute Gasteiger partial charge is 0.380 e. The van der Waals surface area contributed by atoms with Crippen molar-refractivity contribution < 1.29 is 4.74 Å². The summed E-state index contributed by atoms with van der Waals surface area (Å²) in [5.41, 5.74) is 3.91. The summed E-state index contributed by atoms with van der Waals surface area (Å²) in [7, 11) is 0. The van der Waals surface area contributed by atoms with Crippen LogP contribution in [0.1, 0.15) is 39.5 Å². The third-order valence-electron chi connectivity index (χ3n) is 5.34. The predicted molar refractivity (Wildman–Crippen MR) is 90.4 cm³/mol. The highest BCUT2D eigenvalue weighted by atomic mass is 16.5. The van der Waals surface area contributed by atoms with E-state index in [9.17, 15) is 0 Å². The lowest BCUT2D eigenvalue weighted by atomic mass is 9.52. The highest BCUT2D eigenvalue weighted by Gasteiger charge is 2.46. The zero-order valence-corrected chi connectivity index (χ0v) is 13.9. The van der Waals surface area contributed by atoms with Crippen LogP contribution >= 0.6 is 0 Å². The fraction of sp³-hybridized carbons (Fsp3) is 0.684. The molecule has 0 saturated heterocycles. The van der Waals surface area contributed by atoms with E-state index < -0.39 is 0 Å². The van der Waals surface area contributed by atoms with Crippen LogP contribution in [-0.2, 0) is 4.74 Å². The molecule has 0 amide bonds. The van der Waals surface area contributed by atoms with Crippen LogP contribution in [0.3, 0.4) is 0 Å². The van der Waals surface area contributed by atoms with Crippen molar-refractivity contribution in [3.63, 3.8) is 0 Å². The molecule has 0 aliphatic heterocycles. The van der Waals surface area contributed by atoms with Crippen LogP contribution in [0.4, 0.5) is 0 Å². The van der Waals surface area contributed by atoms with E-state index in [2.05, 4.69) is 31.9 Å². The first kappa shape index (κ1) is 16.5. The van der Waals surface area contributed by atoms with Gasteiger partial charge < -0.3 is 4.74 Å². The Hall–Kier alpha value is -0.860. The topological polar surface area (TPSA) is 12.5 Å². The van der Waals surface area contributed by atoms with Crippen LogP contribution in [0.5, 0.6) is 0 Å². The normalized spacial score (nSPS) is 23.1. The van der Waals surface area contributed by atoms with E-state index in [1.54, 1.807) is 11.1 Å². The summed E-state index contributed by atoms with van der Waals surface area (Å²) in [6.45, 7) is 16.8. The lowest BCUT2D eigenvalue weighted by Gasteiger charge is -2.53. The molecule has 2 heteroatoms. The van der Waals surface area contributed by atoms with Crippen LogP contribution in [0.2, 0.25) is 0 Å². The number of allylic oxidation sites excluding steroid dienone is 1. The van der Waals surface area contributed by atoms with Crippen LogP contribution in [-0.4, -0.2) is 37.7 Å². The summed E-state index contributed by atoms with van der Waals surface area (Å²) in [5.74, 6) is 0.948. The number of hydrogen-bond donors (Lipinski definition) is 0. The van der Waals surface area contributed by atoms with Gasteiger partial charge in [-0.15, -0.1) is 13.2 Å². The maximum Gasteiger partial charge on any atom is 0.0593 e. The summed E-state index contributed by atoms with van der Waals surface area (Å²) >= 11 is 0. The van der Waals surface area contributed by atoms with E-state index in [1.165, 1.54) is 19.3 Å². The smallest absolute Gasteiger partial charge is 0.0593 e. The van der Waals surface area contributed by atoms with E-state index in [-0.39, 0.29) is 0 Å². The number of hydrogen-bond acceptors (Lipinski definition) is 2. The molecule has 3 aliphatic rings. The second-order valence-electron chi connectivity index (χ2n) is 6.94. The third kappa shape index (κ3) is 3.87. The first-order valence-corrected chi connectivity index (χ1v) is 8.32. The Morgan fingerprint density at radius 2 is 1.95 bits per heavy atom. The highest BCUT2D eigenvalue weighted by molar-refractivity contribution is 5.33. The lowest BCUT2D eigenvalue weighted by molar-refractivity contribution is 0.102. The van der Waals surface area contributed by atoms with E-state index in [0.717, 1.165) is 45.2 Å². The minimum atomic E-state index is 0.484. The SMILES string of the molecule is C=CCN(CC=C)CCOCCC1=C2CC(CC1)C2(C)C. The molecule has 1 atom stereocenters. The summed E-state index contributed by atoms with van der Waals surface area (Å²) in [6.07, 6.45) is 9.06. The van der Waals surface area contributed by atoms with Gasteiger partial charge in [-0.2, -0.15) is 0 Å². The van der Waals surface area contributed by atoms with Crippen molar-refractivity contribution >= 4 is 0 Å². The fourth-order valence-electron chi connectivity index (χ4n) is 3.83. The Balaban J connectivity index is 1.66. The average molecular weight is 289 g/mol. The van der Waals surface area contributed by atoms with Crippen molar-refractivity contribution in [1.29, 1.82) is 0 Å². The van der Waals surface area contributed by atoms with Crippen molar-refractivity contribution in [2.45, 2.75) is 39.5 Å². The number of rotatable bonds is 10. The molecule has 1 fully saturated rings. The van der Waals surface area contributed by atoms with Gasteiger partial charge >= 0.3 is 0 Å². The van der Waals surface area contributed by atoms with Gasteiger partial charge in [-0.1, -0.05) is 37.1 Å². The summed E-state index contributed by atoms with van der Waals surface area (Å²) in [4.78, 5) is 2.29. The minimum absolute atomic E-state index is 0.484. The Bertz CT molecular complexity index is 398. The molecule has 0 N–H and O–H groups in total. The molecule has 0 aromatic heterocycles. The van der Waals surface area contributed by atoms with Crippen molar-refractivity contribution in [3.05, 3.63) is 36.5 Å². The van der Waals surface area contributed by atoms with Crippen LogP contribution in [0, 0.1) is 11.3 Å². The molecule has 0 spiro atoms. The van der Waals surface area contributed by atoms with Crippen LogP contribution in [0.15, 0.2) is 36.5 Å². The minimum Gasteiger partial charge on any atom is -0.380 e. The molecule has 1 unspecified atom stereocenters. The standard InChI is InChI=1S/C19H31NO/c1-5-10-20(11-6-2)12-14-21-13-9-16-7-8-17-15-18(16)19(17,3)4/h5-6,17H,1-2,7-15H2,3-4H3. The molecule has 118 valence electrons. The van der Waals surface area contributed by atoms with E-state index in [1.807, 2.05) is 12.2 Å². The average Bonchev–Trinajstić information content (AvgIpc) is 2.47. The maximum atomic E-state index is 5.85. The third-order valence-corrected chi connectivity index (χ3v) is 5.34. The molecule has 21 heavy (non-hydrogen) atoms. The highest BCUT2D eigenvalue weighted by Crippen LogP contribution is 2.58. The van der Waals surface area contributed by atoms with Gasteiger partial charge in [0.15, 0.2) is 0 Å². The van der Waals surface area contributed by atoms with Crippen molar-refractivity contribution in [1.82, 2.24) is 4.90 Å². The Morgan fingerprint density at radius 3 is 2.52 bits per heavy atom. The number of nitrogens with zero attached hydrogens (tertiary/aromatic N) is 1. The molecule has 2 bridgehead atoms. The molecule has 3 aliphatic carbocycles. The Kier molecular flexibility index (Phi) is 5.83. The maximum absolute atomic E-state index is 5.85. The second kappa shape index (κ2) is 7.42. The van der Waals surface area contributed by atoms with Crippen molar-refractivity contribution in [3.8, 4) is 0 Å². The number of fused-ring (bicyclic) bond motifs is 2. The lowest BCUT2D eigenvalue weighted by Crippen LogP contribution is -2.41. The summed E-state index contributed by atoms with van der Waals surface area (Å²) < 4.78 is 5.85. The van der Waals surface area contributed by atoms with Crippen molar-refractivity contribution in [2.75, 3.05) is 32.8 Å². The molecular weight excluding hydrogens is 258 g/mol. The molecule has 0 aromatic rings. The zero-order valence-electron chi connectivity index (χ0n) is 13.9. The molecule has 0 heterocycles. The quantitative estimate of drug-likeness (QED) is 0.441. The van der Waals surface area contributed by atoms with Gasteiger partial charge in [0.1, 0.15) is 0 Å². The second-order valence-corrected chi connectivity index (χ2v) is 6.94. The zero-order chi connectivity index (χ0) is 15.3. The van der Waals surface area contributed by atoms with Gasteiger partial charge in [0.25, 0.3) is 0 Å². The van der Waals surface area contributed by atoms with Gasteiger partial charge in [0, 0.05) is 19.6 Å². The Morgan fingerprint density at radius 1 is 1.24 bits per heavy atom. The fourth-order valence-corrected chi connectivity index (χ4v) is 3.83. The first-order chi connectivity index (χ1) is 10.1. The molecule has 3 rings (SSSR count). The van der Waals surface area contributed by atoms with Crippen LogP contribution in [0.25, 0.3) is 0 Å². The van der Waals surface area contributed by atoms with Crippen molar-refractivity contribution in [2.24, 2.45) is 11.3 Å². The Labute approximate surface area is 130 Å². The monoisotopic (exact) mass is 289 g/mol. The van der Waals surface area contributed by atoms with E-state index in [4.69, 9.17) is 4.74 Å². The summed E-state index contributed by atoms with van der Waals surface area (Å²) in [6, 6.07) is 0. The molecule has 0 radical (unpaired) electrons. The van der Waals surface area contributed by atoms with E-state index in [0.29, 0.717) is 5.41 Å². The van der Waals surface area contributed by atoms with Gasteiger partial charge in [0.05, 0.1) is 13.2 Å². The van der Waals surface area contributed by atoms with Crippen LogP contribution < -0.4 is 0 Å². The molecular formula is C19H31NO. The predicted octanol–water partition coefficient (Wildman–Crippen LogP) is 4.20.